The Kier molecular flexibility index (Phi) is 4.45. The summed E-state index contributed by atoms with van der Waals surface area (Å²) in [6.07, 6.45) is -2.74. The molecule has 78 valence electrons. The van der Waals surface area contributed by atoms with Crippen molar-refractivity contribution in [2.75, 3.05) is 0 Å². The van der Waals surface area contributed by atoms with E-state index in [1.165, 1.54) is 0 Å². The lowest BCUT2D eigenvalue weighted by atomic mass is 9.97. The second-order valence-electron chi connectivity index (χ2n) is 2.98. The van der Waals surface area contributed by atoms with Gasteiger partial charge in [0.15, 0.2) is 5.08 Å². The van der Waals surface area contributed by atoms with Crippen LogP contribution in [0, 0.1) is 0 Å². The first kappa shape index (κ1) is 11.6. The number of hydrogen-bond donors (Lipinski definition) is 0. The number of halogens is 4. The zero-order valence-electron chi connectivity index (χ0n) is 7.34. The van der Waals surface area contributed by atoms with Crippen LogP contribution in [-0.2, 0) is 0 Å². The molecule has 0 aliphatic rings. The van der Waals surface area contributed by atoms with E-state index in [1.54, 1.807) is 30.3 Å². The van der Waals surface area contributed by atoms with Crippen LogP contribution in [0.5, 0.6) is 0 Å². The SMILES string of the molecule is FC(Br)CC(c1ccccc1)C(F)F. The van der Waals surface area contributed by atoms with E-state index in [9.17, 15) is 13.2 Å². The number of alkyl halides is 4. The van der Waals surface area contributed by atoms with E-state index < -0.39 is 17.4 Å². The Morgan fingerprint density at radius 2 is 1.64 bits per heavy atom. The largest absolute Gasteiger partial charge is 0.245 e. The number of benzene rings is 1. The van der Waals surface area contributed by atoms with E-state index in [1.807, 2.05) is 0 Å². The topological polar surface area (TPSA) is 0 Å². The summed E-state index contributed by atoms with van der Waals surface area (Å²) in [6.45, 7) is 0. The Balaban J connectivity index is 2.78. The molecule has 14 heavy (non-hydrogen) atoms. The Morgan fingerprint density at radius 1 is 1.07 bits per heavy atom. The molecule has 2 atom stereocenters. The molecule has 0 aliphatic carbocycles. The van der Waals surface area contributed by atoms with Crippen LogP contribution >= 0.6 is 15.9 Å². The van der Waals surface area contributed by atoms with Gasteiger partial charge in [-0.3, -0.25) is 0 Å². The highest BCUT2D eigenvalue weighted by Gasteiger charge is 2.24. The first-order valence-corrected chi connectivity index (χ1v) is 5.14. The minimum Gasteiger partial charge on any atom is -0.235 e. The van der Waals surface area contributed by atoms with Gasteiger partial charge in [-0.2, -0.15) is 0 Å². The van der Waals surface area contributed by atoms with Crippen LogP contribution in [0.3, 0.4) is 0 Å². The van der Waals surface area contributed by atoms with Crippen molar-refractivity contribution in [1.29, 1.82) is 0 Å². The summed E-state index contributed by atoms with van der Waals surface area (Å²) in [5, 5.41) is -1.39. The van der Waals surface area contributed by atoms with Gasteiger partial charge in [0.2, 0.25) is 6.43 Å². The van der Waals surface area contributed by atoms with E-state index >= 15 is 0 Å². The summed E-state index contributed by atoms with van der Waals surface area (Å²) in [4.78, 5) is 0. The van der Waals surface area contributed by atoms with Gasteiger partial charge in [0, 0.05) is 12.3 Å². The molecule has 4 heteroatoms. The monoisotopic (exact) mass is 266 g/mol. The number of rotatable bonds is 4. The van der Waals surface area contributed by atoms with Gasteiger partial charge in [0.25, 0.3) is 0 Å². The highest BCUT2D eigenvalue weighted by atomic mass is 79.9. The summed E-state index contributed by atoms with van der Waals surface area (Å²) in [6, 6.07) is 8.27. The molecule has 1 rings (SSSR count). The highest BCUT2D eigenvalue weighted by Crippen LogP contribution is 2.30. The standard InChI is InChI=1S/C10H10BrF3/c11-9(12)6-8(10(13)14)7-4-2-1-3-5-7/h1-5,8-10H,6H2. The second-order valence-corrected chi connectivity index (χ2v) is 3.97. The first-order chi connectivity index (χ1) is 6.61. The average molecular weight is 267 g/mol. The van der Waals surface area contributed by atoms with E-state index in [2.05, 4.69) is 15.9 Å². The lowest BCUT2D eigenvalue weighted by Crippen LogP contribution is -2.12. The average Bonchev–Trinajstić information content (AvgIpc) is 2.15. The van der Waals surface area contributed by atoms with Crippen molar-refractivity contribution in [1.82, 2.24) is 0 Å². The fourth-order valence-corrected chi connectivity index (χ4v) is 1.68. The van der Waals surface area contributed by atoms with Crippen molar-refractivity contribution in [3.63, 3.8) is 0 Å². The fourth-order valence-electron chi connectivity index (χ4n) is 1.28. The molecular weight excluding hydrogens is 257 g/mol. The summed E-state index contributed by atoms with van der Waals surface area (Å²) in [5.74, 6) is -1.04. The van der Waals surface area contributed by atoms with Crippen LogP contribution in [0.4, 0.5) is 13.2 Å². The third-order valence-corrected chi connectivity index (χ3v) is 2.34. The third-order valence-electron chi connectivity index (χ3n) is 1.96. The van der Waals surface area contributed by atoms with Gasteiger partial charge in [0.1, 0.15) is 0 Å². The Morgan fingerprint density at radius 3 is 2.07 bits per heavy atom. The minimum absolute atomic E-state index is 0.207. The predicted molar refractivity (Wildman–Crippen MR) is 53.6 cm³/mol. The molecule has 0 saturated carbocycles. The van der Waals surface area contributed by atoms with Gasteiger partial charge in [0.05, 0.1) is 0 Å². The van der Waals surface area contributed by atoms with Crippen molar-refractivity contribution >= 4 is 15.9 Å². The summed E-state index contributed by atoms with van der Waals surface area (Å²) in [5.41, 5.74) is 0.476. The normalized spacial score (nSPS) is 15.5. The van der Waals surface area contributed by atoms with Gasteiger partial charge < -0.3 is 0 Å². The number of hydrogen-bond acceptors (Lipinski definition) is 0. The van der Waals surface area contributed by atoms with Crippen LogP contribution in [0.1, 0.15) is 17.9 Å². The molecule has 0 radical (unpaired) electrons. The molecule has 2 unspecified atom stereocenters. The first-order valence-electron chi connectivity index (χ1n) is 4.22. The molecule has 0 nitrogen and oxygen atoms in total. The molecule has 0 N–H and O–H groups in total. The van der Waals surface area contributed by atoms with Crippen molar-refractivity contribution in [3.8, 4) is 0 Å². The van der Waals surface area contributed by atoms with Crippen LogP contribution in [0.25, 0.3) is 0 Å². The van der Waals surface area contributed by atoms with Crippen LogP contribution in [-0.4, -0.2) is 11.5 Å². The molecule has 0 spiro atoms. The Bertz CT molecular complexity index is 261. The van der Waals surface area contributed by atoms with E-state index in [-0.39, 0.29) is 6.42 Å². The summed E-state index contributed by atoms with van der Waals surface area (Å²) in [7, 11) is 0. The van der Waals surface area contributed by atoms with Gasteiger partial charge >= 0.3 is 0 Å². The zero-order chi connectivity index (χ0) is 10.6. The van der Waals surface area contributed by atoms with Crippen molar-refractivity contribution in [2.24, 2.45) is 0 Å². The van der Waals surface area contributed by atoms with Crippen LogP contribution < -0.4 is 0 Å². The molecule has 0 amide bonds. The lowest BCUT2D eigenvalue weighted by molar-refractivity contribution is 0.104. The molecule has 0 heterocycles. The van der Waals surface area contributed by atoms with E-state index in [4.69, 9.17) is 0 Å². The molecule has 0 fully saturated rings. The van der Waals surface area contributed by atoms with Gasteiger partial charge in [-0.05, 0) is 5.56 Å². The van der Waals surface area contributed by atoms with Crippen molar-refractivity contribution < 1.29 is 13.2 Å². The molecule has 1 aromatic rings. The lowest BCUT2D eigenvalue weighted by Gasteiger charge is -2.16. The third kappa shape index (κ3) is 3.33. The smallest absolute Gasteiger partial charge is 0.235 e. The Labute approximate surface area is 89.3 Å². The summed E-state index contributed by atoms with van der Waals surface area (Å²) < 4.78 is 37.7. The second kappa shape index (κ2) is 5.39. The van der Waals surface area contributed by atoms with Gasteiger partial charge in [-0.25, -0.2) is 13.2 Å². The van der Waals surface area contributed by atoms with Crippen molar-refractivity contribution in [3.05, 3.63) is 35.9 Å². The maximum Gasteiger partial charge on any atom is 0.245 e. The molecule has 0 aliphatic heterocycles. The molecule has 0 bridgehead atoms. The predicted octanol–water partition coefficient (Wildman–Crippen LogP) is 4.12. The van der Waals surface area contributed by atoms with Crippen LogP contribution in [0.15, 0.2) is 30.3 Å². The summed E-state index contributed by atoms with van der Waals surface area (Å²) >= 11 is 2.64. The quantitative estimate of drug-likeness (QED) is 0.720. The Hall–Kier alpha value is -0.510. The molecule has 0 aromatic heterocycles. The van der Waals surface area contributed by atoms with Crippen LogP contribution in [0.2, 0.25) is 0 Å². The van der Waals surface area contributed by atoms with Crippen molar-refractivity contribution in [2.45, 2.75) is 23.8 Å². The maximum absolute atomic E-state index is 12.6. The molecular formula is C10H10BrF3. The highest BCUT2D eigenvalue weighted by molar-refractivity contribution is 9.09. The van der Waals surface area contributed by atoms with Gasteiger partial charge in [-0.1, -0.05) is 46.3 Å². The fraction of sp³-hybridized carbons (Fsp3) is 0.400. The molecule has 1 aromatic carbocycles. The van der Waals surface area contributed by atoms with Gasteiger partial charge in [-0.15, -0.1) is 0 Å². The maximum atomic E-state index is 12.6. The van der Waals surface area contributed by atoms with E-state index in [0.717, 1.165) is 0 Å². The van der Waals surface area contributed by atoms with E-state index in [0.29, 0.717) is 5.56 Å². The zero-order valence-corrected chi connectivity index (χ0v) is 8.92. The minimum atomic E-state index is -2.53. The molecule has 0 saturated heterocycles.